The third-order valence-electron chi connectivity index (χ3n) is 12.8. The number of aliphatic carboxylic acids is 1. The van der Waals surface area contributed by atoms with Crippen molar-refractivity contribution in [1.82, 2.24) is 0 Å². The van der Waals surface area contributed by atoms with Crippen molar-refractivity contribution in [1.29, 1.82) is 0 Å². The highest BCUT2D eigenvalue weighted by Crippen LogP contribution is 2.74. The lowest BCUT2D eigenvalue weighted by Crippen LogP contribution is -2.66. The fraction of sp³-hybridized carbons (Fsp3) is 0.833. The lowest BCUT2D eigenvalue weighted by atomic mass is 9.33. The van der Waals surface area contributed by atoms with Crippen molar-refractivity contribution in [3.63, 3.8) is 0 Å². The number of hydrogen-bond donors (Lipinski definition) is 1. The van der Waals surface area contributed by atoms with Gasteiger partial charge in [0.1, 0.15) is 5.78 Å². The Morgan fingerprint density at radius 2 is 1.56 bits per heavy atom. The number of Topliss-reactive ketones (excluding diaryl/α,β-unsaturated/α-hetero) is 1. The van der Waals surface area contributed by atoms with Crippen LogP contribution in [0.1, 0.15) is 106 Å². The minimum atomic E-state index is -0.721. The van der Waals surface area contributed by atoms with Gasteiger partial charge >= 0.3 is 5.97 Å². The van der Waals surface area contributed by atoms with E-state index in [2.05, 4.69) is 41.5 Å². The van der Waals surface area contributed by atoms with Crippen molar-refractivity contribution < 1.29 is 19.5 Å². The van der Waals surface area contributed by atoms with Crippen LogP contribution in [0.3, 0.4) is 0 Å². The molecule has 1 N–H and O–H groups in total. The smallest absolute Gasteiger partial charge is 0.309 e. The monoisotopic (exact) mass is 468 g/mol. The summed E-state index contributed by atoms with van der Waals surface area (Å²) >= 11 is 0. The molecule has 4 nitrogen and oxygen atoms in total. The van der Waals surface area contributed by atoms with E-state index in [-0.39, 0.29) is 50.6 Å². The quantitative estimate of drug-likeness (QED) is 0.469. The van der Waals surface area contributed by atoms with E-state index in [9.17, 15) is 19.5 Å². The molecule has 0 amide bonds. The summed E-state index contributed by atoms with van der Waals surface area (Å²) in [6.07, 6.45) is 9.78. The molecular formula is C30H44O4. The highest BCUT2D eigenvalue weighted by atomic mass is 16.4. The van der Waals surface area contributed by atoms with Gasteiger partial charge in [0.25, 0.3) is 0 Å². The molecule has 0 radical (unpaired) electrons. The maximum atomic E-state index is 14.2. The molecule has 5 aliphatic carbocycles. The molecule has 0 heterocycles. The molecule has 5 rings (SSSR count). The minimum absolute atomic E-state index is 0.0707. The van der Waals surface area contributed by atoms with E-state index in [1.807, 2.05) is 13.0 Å². The van der Waals surface area contributed by atoms with Gasteiger partial charge < -0.3 is 5.11 Å². The van der Waals surface area contributed by atoms with Crippen LogP contribution in [0.5, 0.6) is 0 Å². The first-order chi connectivity index (χ1) is 15.6. The summed E-state index contributed by atoms with van der Waals surface area (Å²) in [5.41, 5.74) is -0.205. The van der Waals surface area contributed by atoms with Gasteiger partial charge in [-0.25, -0.2) is 0 Å². The van der Waals surface area contributed by atoms with Crippen LogP contribution < -0.4 is 0 Å². The molecule has 4 saturated carbocycles. The zero-order chi connectivity index (χ0) is 25.1. The van der Waals surface area contributed by atoms with Crippen LogP contribution in [-0.4, -0.2) is 22.6 Å². The average molecular weight is 469 g/mol. The summed E-state index contributed by atoms with van der Waals surface area (Å²) in [5.74, 6) is 0.222. The first-order valence-electron chi connectivity index (χ1n) is 13.6. The van der Waals surface area contributed by atoms with Gasteiger partial charge in [-0.05, 0) is 97.9 Å². The number of carboxylic acid groups (broad SMARTS) is 1. The predicted octanol–water partition coefficient (Wildman–Crippen LogP) is 6.62. The van der Waals surface area contributed by atoms with E-state index in [1.165, 1.54) is 5.57 Å². The molecule has 5 aliphatic rings. The SMILES string of the molecule is CC1(C)C(=O)CC[C@]2(C)C3C(=O)C=C4[C@@H]5C[C@](C)(C(=O)O)CC[C@]5(C)CC[C@@]4(C)[C@]3(C)CC[C@@H]12. The fourth-order valence-corrected chi connectivity index (χ4v) is 10.2. The van der Waals surface area contributed by atoms with Crippen molar-refractivity contribution in [2.45, 2.75) is 106 Å². The van der Waals surface area contributed by atoms with Crippen LogP contribution in [-0.2, 0) is 14.4 Å². The Kier molecular flexibility index (Phi) is 4.89. The van der Waals surface area contributed by atoms with E-state index >= 15 is 0 Å². The van der Waals surface area contributed by atoms with Crippen LogP contribution >= 0.6 is 0 Å². The molecule has 188 valence electrons. The Labute approximate surface area is 205 Å². The number of carbonyl (C=O) groups excluding carboxylic acids is 2. The van der Waals surface area contributed by atoms with Crippen molar-refractivity contribution in [3.05, 3.63) is 11.6 Å². The van der Waals surface area contributed by atoms with Crippen molar-refractivity contribution >= 4 is 17.5 Å². The maximum Gasteiger partial charge on any atom is 0.309 e. The van der Waals surface area contributed by atoms with Crippen LogP contribution in [0.2, 0.25) is 0 Å². The Hall–Kier alpha value is -1.45. The number of rotatable bonds is 1. The first-order valence-corrected chi connectivity index (χ1v) is 13.6. The molecule has 0 aliphatic heterocycles. The molecular weight excluding hydrogens is 424 g/mol. The van der Waals surface area contributed by atoms with Gasteiger partial charge in [0, 0.05) is 17.8 Å². The average Bonchev–Trinajstić information content (AvgIpc) is 2.73. The molecule has 0 aromatic carbocycles. The Bertz CT molecular complexity index is 1010. The third-order valence-corrected chi connectivity index (χ3v) is 12.8. The maximum absolute atomic E-state index is 14.2. The first kappa shape index (κ1) is 24.3. The Morgan fingerprint density at radius 3 is 2.21 bits per heavy atom. The van der Waals surface area contributed by atoms with Crippen molar-refractivity contribution in [2.24, 2.45) is 50.2 Å². The standard InChI is InChI=1S/C30H44O4/c1-25(2)21-8-11-30(7)23(28(21,5)10-9-22(25)32)20(31)16-18-19-17-27(4,24(33)34)13-12-26(19,3)14-15-29(18,30)6/h16,19,21,23H,8-15,17H2,1-7H3,(H,33,34)/t19-,21-,23?,26+,27+,28-,29+,30+/m0/s1. The van der Waals surface area contributed by atoms with E-state index in [0.717, 1.165) is 44.9 Å². The summed E-state index contributed by atoms with van der Waals surface area (Å²) in [4.78, 5) is 39.3. The predicted molar refractivity (Wildman–Crippen MR) is 132 cm³/mol. The second-order valence-corrected chi connectivity index (χ2v) is 14.7. The van der Waals surface area contributed by atoms with E-state index in [1.54, 1.807) is 0 Å². The van der Waals surface area contributed by atoms with Gasteiger partial charge in [0.15, 0.2) is 5.78 Å². The molecule has 1 unspecified atom stereocenters. The van der Waals surface area contributed by atoms with E-state index < -0.39 is 11.4 Å². The molecule has 0 bridgehead atoms. The fourth-order valence-electron chi connectivity index (χ4n) is 10.2. The summed E-state index contributed by atoms with van der Waals surface area (Å²) in [6.45, 7) is 15.5. The minimum Gasteiger partial charge on any atom is -0.481 e. The number of carboxylic acids is 1. The number of fused-ring (bicyclic) bond motifs is 7. The van der Waals surface area contributed by atoms with Gasteiger partial charge in [0.2, 0.25) is 0 Å². The van der Waals surface area contributed by atoms with Gasteiger partial charge in [-0.15, -0.1) is 0 Å². The Balaban J connectivity index is 1.63. The van der Waals surface area contributed by atoms with Crippen LogP contribution in [0, 0.1) is 50.2 Å². The summed E-state index contributed by atoms with van der Waals surface area (Å²) in [5, 5.41) is 10.0. The van der Waals surface area contributed by atoms with Gasteiger partial charge in [0.05, 0.1) is 5.41 Å². The highest BCUT2D eigenvalue weighted by Gasteiger charge is 2.70. The van der Waals surface area contributed by atoms with E-state index in [0.29, 0.717) is 18.6 Å². The van der Waals surface area contributed by atoms with Gasteiger partial charge in [-0.1, -0.05) is 47.1 Å². The molecule has 4 fully saturated rings. The van der Waals surface area contributed by atoms with E-state index in [4.69, 9.17) is 0 Å². The molecule has 0 spiro atoms. The molecule has 0 aromatic rings. The zero-order valence-electron chi connectivity index (χ0n) is 22.3. The van der Waals surface area contributed by atoms with Crippen LogP contribution in [0.25, 0.3) is 0 Å². The van der Waals surface area contributed by atoms with Crippen LogP contribution in [0.4, 0.5) is 0 Å². The molecule has 0 saturated heterocycles. The number of hydrogen-bond acceptors (Lipinski definition) is 3. The van der Waals surface area contributed by atoms with Crippen LogP contribution in [0.15, 0.2) is 11.6 Å². The Morgan fingerprint density at radius 1 is 0.912 bits per heavy atom. The summed E-state index contributed by atoms with van der Waals surface area (Å²) < 4.78 is 0. The second-order valence-electron chi connectivity index (χ2n) is 14.7. The lowest BCUT2D eigenvalue weighted by Gasteiger charge is -2.69. The second kappa shape index (κ2) is 6.85. The molecule has 0 aromatic heterocycles. The molecule has 8 atom stereocenters. The number of ketones is 2. The lowest BCUT2D eigenvalue weighted by molar-refractivity contribution is -0.188. The summed E-state index contributed by atoms with van der Waals surface area (Å²) in [7, 11) is 0. The number of allylic oxidation sites excluding steroid dienone is 2. The van der Waals surface area contributed by atoms with Gasteiger partial charge in [-0.3, -0.25) is 14.4 Å². The summed E-state index contributed by atoms with van der Waals surface area (Å²) in [6, 6.07) is 0. The van der Waals surface area contributed by atoms with Gasteiger partial charge in [-0.2, -0.15) is 0 Å². The zero-order valence-corrected chi connectivity index (χ0v) is 22.3. The highest BCUT2D eigenvalue weighted by molar-refractivity contribution is 5.96. The molecule has 4 heteroatoms. The molecule has 34 heavy (non-hydrogen) atoms. The van der Waals surface area contributed by atoms with Crippen molar-refractivity contribution in [3.8, 4) is 0 Å². The third kappa shape index (κ3) is 2.75. The topological polar surface area (TPSA) is 71.4 Å². The van der Waals surface area contributed by atoms with Crippen molar-refractivity contribution in [2.75, 3.05) is 0 Å². The largest absolute Gasteiger partial charge is 0.481 e. The normalized spacial score (nSPS) is 52.0. The number of carbonyl (C=O) groups is 3.